The SMILES string of the molecule is CC/C=C/C(C)=C/C=C(\C)NC(=O)N1Cc2ccc(F)cc2C1. The van der Waals surface area contributed by atoms with Crippen molar-refractivity contribution in [2.45, 2.75) is 40.3 Å². The number of rotatable bonds is 4. The molecule has 1 aliphatic heterocycles. The van der Waals surface area contributed by atoms with Crippen molar-refractivity contribution in [1.82, 2.24) is 10.2 Å². The molecule has 1 heterocycles. The number of nitrogens with zero attached hydrogens (tertiary/aromatic N) is 1. The Morgan fingerprint density at radius 1 is 1.26 bits per heavy atom. The second kappa shape index (κ2) is 7.77. The molecule has 23 heavy (non-hydrogen) atoms. The summed E-state index contributed by atoms with van der Waals surface area (Å²) in [6.45, 7) is 6.92. The van der Waals surface area contributed by atoms with E-state index in [1.165, 1.54) is 12.1 Å². The molecule has 1 N–H and O–H groups in total. The Kier molecular flexibility index (Phi) is 5.74. The van der Waals surface area contributed by atoms with Crippen LogP contribution in [0.5, 0.6) is 0 Å². The van der Waals surface area contributed by atoms with Gasteiger partial charge >= 0.3 is 6.03 Å². The molecule has 0 atom stereocenters. The van der Waals surface area contributed by atoms with Gasteiger partial charge < -0.3 is 10.2 Å². The van der Waals surface area contributed by atoms with Crippen molar-refractivity contribution in [3.05, 3.63) is 70.7 Å². The second-order valence-corrected chi connectivity index (χ2v) is 5.77. The molecular weight excluding hydrogens is 291 g/mol. The van der Waals surface area contributed by atoms with Gasteiger partial charge in [0.25, 0.3) is 0 Å². The van der Waals surface area contributed by atoms with Gasteiger partial charge in [0.1, 0.15) is 5.82 Å². The molecule has 0 saturated heterocycles. The number of carbonyl (C=O) groups excluding carboxylic acids is 1. The quantitative estimate of drug-likeness (QED) is 0.805. The van der Waals surface area contributed by atoms with Crippen molar-refractivity contribution >= 4 is 6.03 Å². The molecule has 0 radical (unpaired) electrons. The molecule has 0 aromatic heterocycles. The van der Waals surface area contributed by atoms with Crippen molar-refractivity contribution < 1.29 is 9.18 Å². The first-order valence-corrected chi connectivity index (χ1v) is 7.84. The van der Waals surface area contributed by atoms with Crippen LogP contribution in [0.2, 0.25) is 0 Å². The average molecular weight is 314 g/mol. The molecule has 0 spiro atoms. The minimum absolute atomic E-state index is 0.162. The van der Waals surface area contributed by atoms with Crippen LogP contribution in [0.1, 0.15) is 38.3 Å². The Bertz CT molecular complexity index is 674. The smallest absolute Gasteiger partial charge is 0.316 e. The van der Waals surface area contributed by atoms with Crippen molar-refractivity contribution in [3.63, 3.8) is 0 Å². The molecular formula is C19H23FN2O. The number of fused-ring (bicyclic) bond motifs is 1. The normalized spacial score (nSPS) is 15.2. The molecule has 0 bridgehead atoms. The highest BCUT2D eigenvalue weighted by Gasteiger charge is 2.23. The van der Waals surface area contributed by atoms with Crippen LogP contribution in [0.4, 0.5) is 9.18 Å². The van der Waals surface area contributed by atoms with Crippen LogP contribution in [0.3, 0.4) is 0 Å². The molecule has 2 amide bonds. The van der Waals surface area contributed by atoms with Crippen LogP contribution in [0.15, 0.2) is 53.8 Å². The van der Waals surface area contributed by atoms with Crippen LogP contribution in [0.25, 0.3) is 0 Å². The van der Waals surface area contributed by atoms with E-state index in [1.54, 1.807) is 11.0 Å². The van der Waals surface area contributed by atoms with Gasteiger partial charge in [-0.15, -0.1) is 0 Å². The fourth-order valence-electron chi connectivity index (χ4n) is 2.41. The molecule has 0 saturated carbocycles. The Morgan fingerprint density at radius 2 is 2.00 bits per heavy atom. The lowest BCUT2D eigenvalue weighted by Crippen LogP contribution is -2.35. The standard InChI is InChI=1S/C19H23FN2O/c1-4-5-6-14(2)7-8-15(3)21-19(23)22-12-16-9-10-18(20)11-17(16)13-22/h5-11H,4,12-13H2,1-3H3,(H,21,23)/b6-5+,14-7+,15-8+. The van der Waals surface area contributed by atoms with E-state index in [0.29, 0.717) is 13.1 Å². The monoisotopic (exact) mass is 314 g/mol. The van der Waals surface area contributed by atoms with Gasteiger partial charge in [-0.25, -0.2) is 9.18 Å². The van der Waals surface area contributed by atoms with Crippen LogP contribution in [0, 0.1) is 5.82 Å². The summed E-state index contributed by atoms with van der Waals surface area (Å²) in [6.07, 6.45) is 9.00. The summed E-state index contributed by atoms with van der Waals surface area (Å²) in [5.74, 6) is -0.261. The maximum atomic E-state index is 13.2. The third kappa shape index (κ3) is 4.81. The number of carbonyl (C=O) groups is 1. The Morgan fingerprint density at radius 3 is 2.74 bits per heavy atom. The van der Waals surface area contributed by atoms with E-state index < -0.39 is 0 Å². The van der Waals surface area contributed by atoms with Gasteiger partial charge in [0.05, 0.1) is 0 Å². The average Bonchev–Trinajstić information content (AvgIpc) is 2.94. The van der Waals surface area contributed by atoms with E-state index in [4.69, 9.17) is 0 Å². The van der Waals surface area contributed by atoms with Crippen molar-refractivity contribution in [1.29, 1.82) is 0 Å². The molecule has 0 unspecified atom stereocenters. The van der Waals surface area contributed by atoms with Gasteiger partial charge in [0, 0.05) is 18.8 Å². The Balaban J connectivity index is 1.94. The Hall–Kier alpha value is -2.36. The van der Waals surface area contributed by atoms with Crippen molar-refractivity contribution in [3.8, 4) is 0 Å². The Labute approximate surface area is 137 Å². The van der Waals surface area contributed by atoms with E-state index >= 15 is 0 Å². The van der Waals surface area contributed by atoms with Crippen LogP contribution in [-0.2, 0) is 13.1 Å². The molecule has 1 aromatic rings. The minimum atomic E-state index is -0.261. The zero-order chi connectivity index (χ0) is 16.8. The summed E-state index contributed by atoms with van der Waals surface area (Å²) in [7, 11) is 0. The van der Waals surface area contributed by atoms with Gasteiger partial charge in [-0.2, -0.15) is 0 Å². The second-order valence-electron chi connectivity index (χ2n) is 5.77. The van der Waals surface area contributed by atoms with Crippen molar-refractivity contribution in [2.75, 3.05) is 0 Å². The molecule has 0 aliphatic carbocycles. The summed E-state index contributed by atoms with van der Waals surface area (Å²) in [6, 6.07) is 4.51. The summed E-state index contributed by atoms with van der Waals surface area (Å²) < 4.78 is 13.2. The number of nitrogens with one attached hydrogen (secondary N) is 1. The topological polar surface area (TPSA) is 32.3 Å². The highest BCUT2D eigenvalue weighted by atomic mass is 19.1. The van der Waals surface area contributed by atoms with E-state index in [0.717, 1.165) is 28.8 Å². The predicted molar refractivity (Wildman–Crippen MR) is 91.1 cm³/mol. The maximum absolute atomic E-state index is 13.2. The van der Waals surface area contributed by atoms with Crippen LogP contribution in [-0.4, -0.2) is 10.9 Å². The molecule has 4 heteroatoms. The molecule has 122 valence electrons. The summed E-state index contributed by atoms with van der Waals surface area (Å²) >= 11 is 0. The third-order valence-electron chi connectivity index (χ3n) is 3.69. The molecule has 1 aromatic carbocycles. The maximum Gasteiger partial charge on any atom is 0.322 e. The first kappa shape index (κ1) is 17.0. The van der Waals surface area contributed by atoms with Gasteiger partial charge in [0.2, 0.25) is 0 Å². The number of allylic oxidation sites excluding steroid dienone is 6. The van der Waals surface area contributed by atoms with E-state index in [2.05, 4.69) is 24.4 Å². The highest BCUT2D eigenvalue weighted by molar-refractivity contribution is 5.76. The summed E-state index contributed by atoms with van der Waals surface area (Å²) in [5.41, 5.74) is 3.79. The molecule has 1 aliphatic rings. The zero-order valence-corrected chi connectivity index (χ0v) is 13.9. The van der Waals surface area contributed by atoms with Gasteiger partial charge in [0.15, 0.2) is 0 Å². The molecule has 2 rings (SSSR count). The zero-order valence-electron chi connectivity index (χ0n) is 13.9. The van der Waals surface area contributed by atoms with E-state index in [1.807, 2.05) is 26.0 Å². The summed E-state index contributed by atoms with van der Waals surface area (Å²) in [5, 5.41) is 2.87. The van der Waals surface area contributed by atoms with Crippen molar-refractivity contribution in [2.24, 2.45) is 0 Å². The van der Waals surface area contributed by atoms with E-state index in [9.17, 15) is 9.18 Å². The lowest BCUT2D eigenvalue weighted by molar-refractivity contribution is 0.201. The number of urea groups is 1. The highest BCUT2D eigenvalue weighted by Crippen LogP contribution is 2.23. The lowest BCUT2D eigenvalue weighted by atomic mass is 10.1. The fourth-order valence-corrected chi connectivity index (χ4v) is 2.41. The number of amides is 2. The largest absolute Gasteiger partial charge is 0.322 e. The first-order chi connectivity index (χ1) is 11.0. The molecule has 3 nitrogen and oxygen atoms in total. The van der Waals surface area contributed by atoms with Gasteiger partial charge in [-0.3, -0.25) is 0 Å². The lowest BCUT2D eigenvalue weighted by Gasteiger charge is -2.16. The van der Waals surface area contributed by atoms with E-state index in [-0.39, 0.29) is 11.8 Å². The number of halogens is 1. The molecule has 0 fully saturated rings. The first-order valence-electron chi connectivity index (χ1n) is 7.84. The summed E-state index contributed by atoms with van der Waals surface area (Å²) in [4.78, 5) is 13.9. The predicted octanol–water partition coefficient (Wildman–Crippen LogP) is 4.67. The number of hydrogen-bond donors (Lipinski definition) is 1. The van der Waals surface area contributed by atoms with Gasteiger partial charge in [-0.1, -0.05) is 36.8 Å². The van der Waals surface area contributed by atoms with Gasteiger partial charge in [-0.05, 0) is 49.6 Å². The third-order valence-corrected chi connectivity index (χ3v) is 3.69. The van der Waals surface area contributed by atoms with Crippen LogP contribution < -0.4 is 5.32 Å². The number of benzene rings is 1. The minimum Gasteiger partial charge on any atom is -0.316 e. The fraction of sp³-hybridized carbons (Fsp3) is 0.316. The van der Waals surface area contributed by atoms with Crippen LogP contribution >= 0.6 is 0 Å². The number of hydrogen-bond acceptors (Lipinski definition) is 1.